The van der Waals surface area contributed by atoms with Gasteiger partial charge in [-0.2, -0.15) is 0 Å². The Morgan fingerprint density at radius 1 is 0.381 bits per heavy atom. The molecule has 0 aromatic heterocycles. The van der Waals surface area contributed by atoms with Gasteiger partial charge >= 0.3 is 137 Å². The number of hydrogen-bond donors (Lipinski definition) is 0. The third-order valence-corrected chi connectivity index (χ3v) is 9.51. The van der Waals surface area contributed by atoms with Gasteiger partial charge in [0.2, 0.25) is 0 Å². The first-order chi connectivity index (χ1) is 10.1. The first-order valence-electron chi connectivity index (χ1n) is 8.75. The van der Waals surface area contributed by atoms with Gasteiger partial charge in [-0.15, -0.1) is 0 Å². The van der Waals surface area contributed by atoms with E-state index in [0.717, 1.165) is 52.4 Å². The molecule has 0 aromatic rings. The predicted octanol–water partition coefficient (Wildman–Crippen LogP) is 3.17. The molecule has 0 atom stereocenters. The van der Waals surface area contributed by atoms with E-state index >= 15 is 0 Å². The van der Waals surface area contributed by atoms with Crippen molar-refractivity contribution in [3.63, 3.8) is 0 Å². The molecule has 21 heavy (non-hydrogen) atoms. The van der Waals surface area contributed by atoms with E-state index in [9.17, 15) is 0 Å². The molecule has 0 bridgehead atoms. The van der Waals surface area contributed by atoms with Crippen LogP contribution in [0.5, 0.6) is 0 Å². The van der Waals surface area contributed by atoms with Crippen LogP contribution < -0.4 is 0 Å². The SMILES string of the molecule is CC[N](CC)[Ni]([N](CC)CC)([N](CC)CC)[N](CC)CC. The third-order valence-electron chi connectivity index (χ3n) is 3.66. The summed E-state index contributed by atoms with van der Waals surface area (Å²) in [5, 5.41) is 0. The summed E-state index contributed by atoms with van der Waals surface area (Å²) in [6.45, 7) is 27.4. The summed E-state index contributed by atoms with van der Waals surface area (Å²) in [5.41, 5.74) is 0. The van der Waals surface area contributed by atoms with Crippen molar-refractivity contribution >= 4 is 0 Å². The summed E-state index contributed by atoms with van der Waals surface area (Å²) >= 11 is -1.37. The minimum atomic E-state index is -1.37. The molecule has 0 aliphatic heterocycles. The Bertz CT molecular complexity index is 193. The predicted molar refractivity (Wildman–Crippen MR) is 91.7 cm³/mol. The molecule has 0 N–H and O–H groups in total. The summed E-state index contributed by atoms with van der Waals surface area (Å²) in [6.07, 6.45) is 0. The molecule has 0 saturated carbocycles. The molecule has 0 rings (SSSR count). The maximum atomic E-state index is 2.72. The van der Waals surface area contributed by atoms with Gasteiger partial charge < -0.3 is 0 Å². The van der Waals surface area contributed by atoms with Gasteiger partial charge in [0, 0.05) is 0 Å². The van der Waals surface area contributed by atoms with Gasteiger partial charge in [0.25, 0.3) is 0 Å². The van der Waals surface area contributed by atoms with E-state index in [1.165, 1.54) is 0 Å². The van der Waals surface area contributed by atoms with Crippen LogP contribution in [0, 0.1) is 0 Å². The first kappa shape index (κ1) is 21.3. The average Bonchev–Trinajstić information content (AvgIpc) is 2.51. The Kier molecular flexibility index (Phi) is 11.1. The molecule has 0 radical (unpaired) electrons. The molecule has 0 saturated heterocycles. The van der Waals surface area contributed by atoms with E-state index in [2.05, 4.69) is 71.3 Å². The molecule has 0 spiro atoms. The molecule has 134 valence electrons. The summed E-state index contributed by atoms with van der Waals surface area (Å²) in [7, 11) is 0. The van der Waals surface area contributed by atoms with Crippen molar-refractivity contribution in [1.82, 2.24) is 15.9 Å². The van der Waals surface area contributed by atoms with Crippen molar-refractivity contribution in [1.29, 1.82) is 0 Å². The van der Waals surface area contributed by atoms with Crippen molar-refractivity contribution in [3.8, 4) is 0 Å². The second kappa shape index (κ2) is 11.0. The van der Waals surface area contributed by atoms with E-state index in [1.54, 1.807) is 0 Å². The van der Waals surface area contributed by atoms with Gasteiger partial charge in [0.15, 0.2) is 0 Å². The molecule has 0 amide bonds. The monoisotopic (exact) mass is 346 g/mol. The van der Waals surface area contributed by atoms with Gasteiger partial charge in [-0.25, -0.2) is 0 Å². The van der Waals surface area contributed by atoms with Crippen LogP contribution in [0.4, 0.5) is 0 Å². The summed E-state index contributed by atoms with van der Waals surface area (Å²) in [5.74, 6) is 0. The Labute approximate surface area is 137 Å². The minimum absolute atomic E-state index is 1.11. The topological polar surface area (TPSA) is 13.0 Å². The van der Waals surface area contributed by atoms with Crippen molar-refractivity contribution in [2.45, 2.75) is 55.4 Å². The Balaban J connectivity index is 6.15. The molecule has 0 aliphatic rings. The van der Waals surface area contributed by atoms with Gasteiger partial charge in [-0.3, -0.25) is 0 Å². The molecule has 5 heteroatoms. The van der Waals surface area contributed by atoms with Crippen molar-refractivity contribution in [2.24, 2.45) is 0 Å². The Hall–Kier alpha value is 0.334. The van der Waals surface area contributed by atoms with Crippen molar-refractivity contribution in [3.05, 3.63) is 0 Å². The zero-order chi connectivity index (χ0) is 16.5. The van der Waals surface area contributed by atoms with E-state index in [4.69, 9.17) is 0 Å². The fourth-order valence-corrected chi connectivity index (χ4v) is 8.45. The van der Waals surface area contributed by atoms with Crippen LogP contribution in [0.25, 0.3) is 0 Å². The van der Waals surface area contributed by atoms with Crippen LogP contribution in [0.15, 0.2) is 0 Å². The first-order valence-corrected chi connectivity index (χ1v) is 10.5. The fraction of sp³-hybridized carbons (Fsp3) is 1.00. The van der Waals surface area contributed by atoms with Gasteiger partial charge in [-0.1, -0.05) is 0 Å². The van der Waals surface area contributed by atoms with Gasteiger partial charge in [-0.05, 0) is 0 Å². The zero-order valence-electron chi connectivity index (χ0n) is 15.8. The molecular weight excluding hydrogens is 307 g/mol. The summed E-state index contributed by atoms with van der Waals surface area (Å²) < 4.78 is 10.9. The molecular formula is C16H40N4Ni. The number of nitrogens with zero attached hydrogens (tertiary/aromatic N) is 4. The second-order valence-electron chi connectivity index (χ2n) is 4.60. The number of hydrogen-bond acceptors (Lipinski definition) is 4. The Morgan fingerprint density at radius 3 is 0.619 bits per heavy atom. The average molecular weight is 347 g/mol. The zero-order valence-corrected chi connectivity index (χ0v) is 16.7. The van der Waals surface area contributed by atoms with E-state index in [0.29, 0.717) is 0 Å². The van der Waals surface area contributed by atoms with E-state index in [-0.39, 0.29) is 0 Å². The molecule has 0 aliphatic carbocycles. The summed E-state index contributed by atoms with van der Waals surface area (Å²) in [4.78, 5) is 0. The summed E-state index contributed by atoms with van der Waals surface area (Å²) in [6, 6.07) is 0. The van der Waals surface area contributed by atoms with Crippen LogP contribution in [0.1, 0.15) is 55.4 Å². The molecule has 0 heterocycles. The Morgan fingerprint density at radius 2 is 0.524 bits per heavy atom. The molecule has 0 aromatic carbocycles. The van der Waals surface area contributed by atoms with Crippen LogP contribution in [-0.2, 0) is 13.2 Å². The van der Waals surface area contributed by atoms with E-state index in [1.807, 2.05) is 0 Å². The molecule has 0 unspecified atom stereocenters. The van der Waals surface area contributed by atoms with Crippen LogP contribution in [0.2, 0.25) is 0 Å². The number of rotatable bonds is 12. The van der Waals surface area contributed by atoms with Crippen LogP contribution in [-0.4, -0.2) is 68.3 Å². The van der Waals surface area contributed by atoms with Crippen molar-refractivity contribution in [2.75, 3.05) is 52.4 Å². The van der Waals surface area contributed by atoms with Crippen LogP contribution >= 0.6 is 0 Å². The quantitative estimate of drug-likeness (QED) is 0.503. The maximum absolute atomic E-state index is 2.72. The molecule has 0 fully saturated rings. The van der Waals surface area contributed by atoms with Gasteiger partial charge in [0.1, 0.15) is 0 Å². The third kappa shape index (κ3) is 4.20. The van der Waals surface area contributed by atoms with Crippen LogP contribution in [0.3, 0.4) is 0 Å². The van der Waals surface area contributed by atoms with Gasteiger partial charge in [0.05, 0.1) is 0 Å². The van der Waals surface area contributed by atoms with E-state index < -0.39 is 13.2 Å². The van der Waals surface area contributed by atoms with Crippen molar-refractivity contribution < 1.29 is 13.2 Å². The fourth-order valence-electron chi connectivity index (χ4n) is 2.73. The standard InChI is InChI=1S/4C4H10N.Ni/c4*1-3-5-4-2;/h4*3-4H2,1-2H3;/q4*-1;+4. The molecule has 4 nitrogen and oxygen atoms in total. The second-order valence-corrected chi connectivity index (χ2v) is 8.29. The normalized spacial score (nSPS) is 13.9.